The van der Waals surface area contributed by atoms with Gasteiger partial charge >= 0.3 is 12.4 Å². The average Bonchev–Trinajstić information content (AvgIpc) is 3.12. The number of halogens is 6. The molecule has 0 fully saturated rings. The van der Waals surface area contributed by atoms with Crippen molar-refractivity contribution in [2.24, 2.45) is 0 Å². The molecule has 0 aliphatic rings. The Morgan fingerprint density at radius 2 is 1.64 bits per heavy atom. The van der Waals surface area contributed by atoms with Crippen LogP contribution in [0.5, 0.6) is 11.5 Å². The van der Waals surface area contributed by atoms with Crippen LogP contribution in [0.1, 0.15) is 5.82 Å². The van der Waals surface area contributed by atoms with Crippen molar-refractivity contribution in [3.8, 4) is 17.6 Å². The molecule has 0 amide bonds. The minimum absolute atomic E-state index is 0.00639. The van der Waals surface area contributed by atoms with Crippen LogP contribution in [-0.2, 0) is 0 Å². The molecule has 0 saturated heterocycles. The van der Waals surface area contributed by atoms with Crippen LogP contribution >= 0.6 is 0 Å². The number of rotatable bonds is 7. The zero-order valence-electron chi connectivity index (χ0n) is 13.6. The number of ether oxygens (including phenoxy) is 2. The Balaban J connectivity index is 2.24. The van der Waals surface area contributed by atoms with Crippen LogP contribution in [0.15, 0.2) is 24.4 Å². The van der Waals surface area contributed by atoms with Gasteiger partial charge in [-0.25, -0.2) is 0 Å². The highest BCUT2D eigenvalue weighted by atomic mass is 19.4. The summed E-state index contributed by atoms with van der Waals surface area (Å²) in [4.78, 5) is 0. The third-order valence-electron chi connectivity index (χ3n) is 2.77. The Hall–Kier alpha value is -3.50. The van der Waals surface area contributed by atoms with Crippen molar-refractivity contribution in [2.45, 2.75) is 12.4 Å². The van der Waals surface area contributed by atoms with Gasteiger partial charge in [0.15, 0.2) is 13.2 Å². The largest absolute Gasteiger partial charge is 0.484 e. The quantitative estimate of drug-likeness (QED) is 0.535. The van der Waals surface area contributed by atoms with Crippen LogP contribution in [0.3, 0.4) is 0 Å². The van der Waals surface area contributed by atoms with E-state index in [1.807, 2.05) is 0 Å². The number of allylic oxidation sites excluding steroid dienone is 1. The number of anilines is 1. The van der Waals surface area contributed by atoms with Crippen LogP contribution in [0.25, 0.3) is 5.57 Å². The maximum Gasteiger partial charge on any atom is 0.422 e. The highest BCUT2D eigenvalue weighted by Gasteiger charge is 2.30. The molecule has 2 N–H and O–H groups in total. The first kappa shape index (κ1) is 20.8. The third-order valence-corrected chi connectivity index (χ3v) is 2.77. The van der Waals surface area contributed by atoms with E-state index in [1.165, 1.54) is 0 Å². The van der Waals surface area contributed by atoms with Gasteiger partial charge in [-0.1, -0.05) is 0 Å². The predicted molar refractivity (Wildman–Crippen MR) is 80.9 cm³/mol. The van der Waals surface area contributed by atoms with E-state index in [-0.39, 0.29) is 17.1 Å². The average molecular weight is 408 g/mol. The van der Waals surface area contributed by atoms with E-state index in [2.05, 4.69) is 35.4 Å². The molecule has 2 aromatic rings. The monoisotopic (exact) mass is 408 g/mol. The molecule has 1 heterocycles. The highest BCUT2D eigenvalue weighted by Crippen LogP contribution is 2.29. The lowest BCUT2D eigenvalue weighted by Gasteiger charge is -2.14. The van der Waals surface area contributed by atoms with E-state index >= 15 is 0 Å². The molecular weight excluding hydrogens is 398 g/mol. The number of tetrazole rings is 1. The minimum Gasteiger partial charge on any atom is -0.484 e. The van der Waals surface area contributed by atoms with Gasteiger partial charge in [-0.2, -0.15) is 36.8 Å². The first-order valence-electron chi connectivity index (χ1n) is 7.20. The molecule has 150 valence electrons. The van der Waals surface area contributed by atoms with Gasteiger partial charge in [0.2, 0.25) is 5.82 Å². The Kier molecular flexibility index (Phi) is 6.29. The number of benzene rings is 1. The fourth-order valence-corrected chi connectivity index (χ4v) is 1.73. The summed E-state index contributed by atoms with van der Waals surface area (Å²) in [5.41, 5.74) is -0.110. The molecule has 0 aliphatic carbocycles. The van der Waals surface area contributed by atoms with E-state index in [9.17, 15) is 26.3 Å². The zero-order chi connectivity index (χ0) is 20.8. The van der Waals surface area contributed by atoms with Crippen molar-refractivity contribution in [2.75, 3.05) is 18.5 Å². The Labute approximate surface area is 152 Å². The summed E-state index contributed by atoms with van der Waals surface area (Å²) < 4.78 is 83.0. The predicted octanol–water partition coefficient (Wildman–Crippen LogP) is 3.06. The van der Waals surface area contributed by atoms with Gasteiger partial charge in [0.1, 0.15) is 23.1 Å². The van der Waals surface area contributed by atoms with E-state index < -0.39 is 37.1 Å². The van der Waals surface area contributed by atoms with Crippen molar-refractivity contribution < 1.29 is 35.8 Å². The molecule has 0 radical (unpaired) electrons. The van der Waals surface area contributed by atoms with Crippen LogP contribution in [0.2, 0.25) is 0 Å². The summed E-state index contributed by atoms with van der Waals surface area (Å²) in [7, 11) is 0. The molecule has 28 heavy (non-hydrogen) atoms. The molecule has 1 aromatic heterocycles. The van der Waals surface area contributed by atoms with Crippen LogP contribution in [0.4, 0.5) is 32.0 Å². The van der Waals surface area contributed by atoms with Crippen molar-refractivity contribution >= 4 is 11.3 Å². The maximum absolute atomic E-state index is 12.3. The van der Waals surface area contributed by atoms with E-state index in [0.29, 0.717) is 0 Å². The van der Waals surface area contributed by atoms with Gasteiger partial charge in [0.05, 0.1) is 0 Å². The number of aromatic amines is 1. The second-order valence-electron chi connectivity index (χ2n) is 5.05. The topological polar surface area (TPSA) is 109 Å². The van der Waals surface area contributed by atoms with Crippen LogP contribution in [-0.4, -0.2) is 46.2 Å². The maximum atomic E-state index is 12.3. The molecule has 0 unspecified atom stereocenters. The first-order valence-corrected chi connectivity index (χ1v) is 7.20. The standard InChI is InChI=1S/C14H10F6N6O2/c15-13(16,17)6-27-10-1-9(2-11(3-10)28-7-14(18,19)20)22-5-8(4-21)12-23-25-26-24-12/h1-3,5,22H,6-7H2,(H,23,24,25,26). The van der Waals surface area contributed by atoms with Gasteiger partial charge in [0.25, 0.3) is 0 Å². The molecule has 0 bridgehead atoms. The summed E-state index contributed by atoms with van der Waals surface area (Å²) >= 11 is 0. The highest BCUT2D eigenvalue weighted by molar-refractivity contribution is 5.74. The lowest BCUT2D eigenvalue weighted by molar-refractivity contribution is -0.153. The van der Waals surface area contributed by atoms with Crippen molar-refractivity contribution in [3.63, 3.8) is 0 Å². The normalized spacial score (nSPS) is 12.4. The number of hydrogen-bond acceptors (Lipinski definition) is 7. The fourth-order valence-electron chi connectivity index (χ4n) is 1.73. The summed E-state index contributed by atoms with van der Waals surface area (Å²) in [6.45, 7) is -3.31. The molecule has 0 spiro atoms. The van der Waals surface area contributed by atoms with Crippen LogP contribution < -0.4 is 14.8 Å². The number of nitrogens with one attached hydrogen (secondary N) is 2. The Morgan fingerprint density at radius 1 is 1.07 bits per heavy atom. The van der Waals surface area contributed by atoms with Crippen LogP contribution in [0, 0.1) is 11.3 Å². The van der Waals surface area contributed by atoms with Gasteiger partial charge in [-0.05, 0) is 5.21 Å². The summed E-state index contributed by atoms with van der Waals surface area (Å²) in [5, 5.41) is 24.1. The number of alkyl halides is 6. The second kappa shape index (κ2) is 8.46. The third kappa shape index (κ3) is 7.02. The first-order chi connectivity index (χ1) is 13.1. The molecular formula is C14H10F6N6O2. The zero-order valence-corrected chi connectivity index (χ0v) is 13.6. The van der Waals surface area contributed by atoms with Gasteiger partial charge in [0, 0.05) is 30.1 Å². The minimum atomic E-state index is -4.65. The Morgan fingerprint density at radius 3 is 2.07 bits per heavy atom. The second-order valence-corrected chi connectivity index (χ2v) is 5.05. The molecule has 0 saturated carbocycles. The number of hydrogen-bond donors (Lipinski definition) is 2. The summed E-state index contributed by atoms with van der Waals surface area (Å²) in [6.07, 6.45) is -8.22. The smallest absolute Gasteiger partial charge is 0.422 e. The van der Waals surface area contributed by atoms with Gasteiger partial charge < -0.3 is 14.8 Å². The number of H-pyrrole nitrogens is 1. The molecule has 0 aliphatic heterocycles. The van der Waals surface area contributed by atoms with Crippen molar-refractivity contribution in [1.29, 1.82) is 5.26 Å². The summed E-state index contributed by atoms with van der Waals surface area (Å²) in [6, 6.07) is 4.77. The SMILES string of the molecule is N#CC(=CNc1cc(OCC(F)(F)F)cc(OCC(F)(F)F)c1)c1nn[nH]n1. The molecule has 2 rings (SSSR count). The van der Waals surface area contributed by atoms with E-state index in [0.717, 1.165) is 24.4 Å². The van der Waals surface area contributed by atoms with E-state index in [4.69, 9.17) is 5.26 Å². The van der Waals surface area contributed by atoms with Gasteiger partial charge in [-0.3, -0.25) is 0 Å². The van der Waals surface area contributed by atoms with E-state index in [1.54, 1.807) is 6.07 Å². The molecule has 1 aromatic carbocycles. The molecule has 14 heteroatoms. The molecule has 0 atom stereocenters. The Bertz CT molecular complexity index is 820. The fraction of sp³-hybridized carbons (Fsp3) is 0.286. The van der Waals surface area contributed by atoms with Crippen molar-refractivity contribution in [1.82, 2.24) is 20.6 Å². The van der Waals surface area contributed by atoms with Crippen molar-refractivity contribution in [3.05, 3.63) is 30.2 Å². The van der Waals surface area contributed by atoms with Gasteiger partial charge in [-0.15, -0.1) is 10.2 Å². The number of aromatic nitrogens is 4. The number of nitrogens with zero attached hydrogens (tertiary/aromatic N) is 4. The lowest BCUT2D eigenvalue weighted by Crippen LogP contribution is -2.20. The lowest BCUT2D eigenvalue weighted by atomic mass is 10.2. The number of nitriles is 1. The molecule has 8 nitrogen and oxygen atoms in total. The summed E-state index contributed by atoms with van der Waals surface area (Å²) in [5.74, 6) is -0.870.